The van der Waals surface area contributed by atoms with Gasteiger partial charge in [-0.1, -0.05) is 69.3 Å². The van der Waals surface area contributed by atoms with E-state index >= 15 is 0 Å². The van der Waals surface area contributed by atoms with Gasteiger partial charge in [-0.3, -0.25) is 4.79 Å². The van der Waals surface area contributed by atoms with Crippen LogP contribution in [0.5, 0.6) is 5.75 Å². The molecule has 0 aliphatic rings. The van der Waals surface area contributed by atoms with Crippen molar-refractivity contribution in [2.75, 3.05) is 0 Å². The smallest absolute Gasteiger partial charge is 0.250 e. The molecule has 0 radical (unpaired) electrons. The van der Waals surface area contributed by atoms with Crippen molar-refractivity contribution in [3.63, 3.8) is 0 Å². The van der Waals surface area contributed by atoms with E-state index in [-0.39, 0.29) is 10.8 Å². The SMILES string of the molecule is CC(C)(C)[Si](C)(C)Oc1ccccc1CC(=O)c1ccccc1. The lowest BCUT2D eigenvalue weighted by atomic mass is 10.0. The van der Waals surface area contributed by atoms with E-state index in [9.17, 15) is 4.79 Å². The van der Waals surface area contributed by atoms with Gasteiger partial charge in [0.2, 0.25) is 8.32 Å². The van der Waals surface area contributed by atoms with E-state index in [0.717, 1.165) is 16.9 Å². The molecule has 0 spiro atoms. The fraction of sp³-hybridized carbons (Fsp3) is 0.350. The van der Waals surface area contributed by atoms with Gasteiger partial charge in [0.05, 0.1) is 0 Å². The second-order valence-corrected chi connectivity index (χ2v) is 12.2. The molecule has 0 amide bonds. The average molecular weight is 327 g/mol. The van der Waals surface area contributed by atoms with E-state index in [2.05, 4.69) is 33.9 Å². The van der Waals surface area contributed by atoms with E-state index in [1.165, 1.54) is 0 Å². The molecule has 0 aromatic heterocycles. The van der Waals surface area contributed by atoms with Crippen LogP contribution in [0.1, 0.15) is 36.7 Å². The van der Waals surface area contributed by atoms with Gasteiger partial charge in [-0.2, -0.15) is 0 Å². The Morgan fingerprint density at radius 2 is 1.52 bits per heavy atom. The Morgan fingerprint density at radius 1 is 0.957 bits per heavy atom. The van der Waals surface area contributed by atoms with Crippen molar-refractivity contribution >= 4 is 14.1 Å². The summed E-state index contributed by atoms with van der Waals surface area (Å²) >= 11 is 0. The Kier molecular flexibility index (Phi) is 5.10. The summed E-state index contributed by atoms with van der Waals surface area (Å²) in [6, 6.07) is 17.3. The number of carbonyl (C=O) groups excluding carboxylic acids is 1. The highest BCUT2D eigenvalue weighted by atomic mass is 28.4. The normalized spacial score (nSPS) is 12.0. The maximum atomic E-state index is 12.5. The Labute approximate surface area is 140 Å². The maximum Gasteiger partial charge on any atom is 0.250 e. The molecule has 2 rings (SSSR count). The first kappa shape index (κ1) is 17.5. The van der Waals surface area contributed by atoms with E-state index < -0.39 is 8.32 Å². The van der Waals surface area contributed by atoms with Gasteiger partial charge in [0.25, 0.3) is 0 Å². The van der Waals surface area contributed by atoms with Gasteiger partial charge in [-0.25, -0.2) is 0 Å². The number of Topliss-reactive ketones (excluding diaryl/α,β-unsaturated/α-hetero) is 1. The number of ketones is 1. The molecule has 3 heteroatoms. The van der Waals surface area contributed by atoms with Crippen LogP contribution >= 0.6 is 0 Å². The molecule has 0 unspecified atom stereocenters. The number of para-hydroxylation sites is 1. The standard InChI is InChI=1S/C20H26O2Si/c1-20(2,3)23(4,5)22-19-14-10-9-13-17(19)15-18(21)16-11-7-6-8-12-16/h6-14H,15H2,1-5H3. The molecule has 23 heavy (non-hydrogen) atoms. The van der Waals surface area contributed by atoms with Gasteiger partial charge in [-0.15, -0.1) is 0 Å². The van der Waals surface area contributed by atoms with Crippen LogP contribution in [-0.2, 0) is 6.42 Å². The molecule has 122 valence electrons. The Bertz CT molecular complexity index is 670. The highest BCUT2D eigenvalue weighted by Crippen LogP contribution is 2.38. The summed E-state index contributed by atoms with van der Waals surface area (Å²) in [6.45, 7) is 11.1. The fourth-order valence-corrected chi connectivity index (χ4v) is 3.13. The van der Waals surface area contributed by atoms with Gasteiger partial charge in [-0.05, 0) is 24.2 Å². The molecule has 0 N–H and O–H groups in total. The zero-order valence-corrected chi connectivity index (χ0v) is 15.7. The quantitative estimate of drug-likeness (QED) is 0.536. The molecule has 0 aliphatic carbocycles. The van der Waals surface area contributed by atoms with E-state index in [1.54, 1.807) is 0 Å². The second kappa shape index (κ2) is 6.71. The Morgan fingerprint density at radius 3 is 2.13 bits per heavy atom. The lowest BCUT2D eigenvalue weighted by Crippen LogP contribution is -2.44. The second-order valence-electron chi connectivity index (χ2n) is 7.44. The van der Waals surface area contributed by atoms with Crippen LogP contribution in [-0.4, -0.2) is 14.1 Å². The van der Waals surface area contributed by atoms with Crippen LogP contribution in [0.25, 0.3) is 0 Å². The van der Waals surface area contributed by atoms with Gasteiger partial charge in [0, 0.05) is 17.5 Å². The summed E-state index contributed by atoms with van der Waals surface area (Å²) in [6.07, 6.45) is 0.370. The van der Waals surface area contributed by atoms with Crippen LogP contribution < -0.4 is 4.43 Å². The van der Waals surface area contributed by atoms with Crippen molar-refractivity contribution < 1.29 is 9.22 Å². The molecule has 0 heterocycles. The summed E-state index contributed by atoms with van der Waals surface area (Å²) in [5.41, 5.74) is 1.71. The van der Waals surface area contributed by atoms with Crippen molar-refractivity contribution in [3.8, 4) is 5.75 Å². The fourth-order valence-electron chi connectivity index (χ4n) is 2.08. The first-order valence-corrected chi connectivity index (χ1v) is 11.0. The molecular formula is C20H26O2Si. The molecule has 0 atom stereocenters. The number of rotatable bonds is 5. The minimum atomic E-state index is -1.92. The van der Waals surface area contributed by atoms with Crippen molar-refractivity contribution in [1.82, 2.24) is 0 Å². The summed E-state index contributed by atoms with van der Waals surface area (Å²) in [5.74, 6) is 0.972. The van der Waals surface area contributed by atoms with Crippen LogP contribution in [0.3, 0.4) is 0 Å². The minimum Gasteiger partial charge on any atom is -0.543 e. The average Bonchev–Trinajstić information content (AvgIpc) is 2.48. The summed E-state index contributed by atoms with van der Waals surface area (Å²) in [5, 5.41) is 0.129. The first-order valence-electron chi connectivity index (χ1n) is 8.06. The first-order chi connectivity index (χ1) is 10.7. The summed E-state index contributed by atoms with van der Waals surface area (Å²) in [4.78, 5) is 12.5. The molecule has 0 aliphatic heterocycles. The molecule has 2 aromatic carbocycles. The number of hydrogen-bond acceptors (Lipinski definition) is 2. The molecular weight excluding hydrogens is 300 g/mol. The number of carbonyl (C=O) groups is 1. The predicted octanol–water partition coefficient (Wildman–Crippen LogP) is 5.50. The van der Waals surface area contributed by atoms with Crippen LogP contribution in [0.15, 0.2) is 54.6 Å². The summed E-state index contributed by atoms with van der Waals surface area (Å²) in [7, 11) is -1.92. The van der Waals surface area contributed by atoms with Gasteiger partial charge >= 0.3 is 0 Å². The topological polar surface area (TPSA) is 26.3 Å². The van der Waals surface area contributed by atoms with Crippen molar-refractivity contribution in [1.29, 1.82) is 0 Å². The van der Waals surface area contributed by atoms with Crippen LogP contribution in [0, 0.1) is 0 Å². The number of benzene rings is 2. The van der Waals surface area contributed by atoms with Gasteiger partial charge in [0.1, 0.15) is 5.75 Å². The highest BCUT2D eigenvalue weighted by Gasteiger charge is 2.39. The summed E-state index contributed by atoms with van der Waals surface area (Å²) < 4.78 is 6.42. The van der Waals surface area contributed by atoms with Crippen molar-refractivity contribution in [2.24, 2.45) is 0 Å². The molecule has 2 nitrogen and oxygen atoms in total. The number of hydrogen-bond donors (Lipinski definition) is 0. The minimum absolute atomic E-state index is 0.122. The van der Waals surface area contributed by atoms with E-state index in [4.69, 9.17) is 4.43 Å². The van der Waals surface area contributed by atoms with Gasteiger partial charge < -0.3 is 4.43 Å². The lowest BCUT2D eigenvalue weighted by molar-refractivity contribution is 0.0992. The lowest BCUT2D eigenvalue weighted by Gasteiger charge is -2.37. The monoisotopic (exact) mass is 326 g/mol. The largest absolute Gasteiger partial charge is 0.543 e. The van der Waals surface area contributed by atoms with Crippen LogP contribution in [0.4, 0.5) is 0 Å². The molecule has 0 saturated heterocycles. The molecule has 0 bridgehead atoms. The zero-order chi connectivity index (χ0) is 17.1. The Balaban J connectivity index is 2.23. The molecule has 2 aromatic rings. The predicted molar refractivity (Wildman–Crippen MR) is 98.7 cm³/mol. The highest BCUT2D eigenvalue weighted by molar-refractivity contribution is 6.74. The van der Waals surface area contributed by atoms with Gasteiger partial charge in [0.15, 0.2) is 5.78 Å². The zero-order valence-electron chi connectivity index (χ0n) is 14.7. The van der Waals surface area contributed by atoms with E-state index in [0.29, 0.717) is 6.42 Å². The van der Waals surface area contributed by atoms with Crippen LogP contribution in [0.2, 0.25) is 18.1 Å². The maximum absolute atomic E-state index is 12.5. The third-order valence-corrected chi connectivity index (χ3v) is 8.93. The third-order valence-electron chi connectivity index (χ3n) is 4.59. The van der Waals surface area contributed by atoms with Crippen molar-refractivity contribution in [3.05, 3.63) is 65.7 Å². The van der Waals surface area contributed by atoms with Crippen molar-refractivity contribution in [2.45, 2.75) is 45.3 Å². The molecule has 0 fully saturated rings. The Hall–Kier alpha value is -1.87. The van der Waals surface area contributed by atoms with E-state index in [1.807, 2.05) is 54.6 Å². The third kappa shape index (κ3) is 4.32. The molecule has 0 saturated carbocycles.